The van der Waals surface area contributed by atoms with Gasteiger partial charge in [-0.05, 0) is 41.9 Å². The van der Waals surface area contributed by atoms with Crippen LogP contribution in [-0.2, 0) is 12.8 Å². The van der Waals surface area contributed by atoms with E-state index < -0.39 is 0 Å². The SMILES string of the molecule is C(=C\C(CCc1ccccc1)Cc1ccccc1)/c1ccccc1. The molecule has 0 aliphatic heterocycles. The van der Waals surface area contributed by atoms with E-state index in [1.807, 2.05) is 0 Å². The minimum atomic E-state index is 0.549. The van der Waals surface area contributed by atoms with Gasteiger partial charge in [0.15, 0.2) is 0 Å². The maximum atomic E-state index is 2.38. The Hall–Kier alpha value is -2.60. The van der Waals surface area contributed by atoms with E-state index >= 15 is 0 Å². The van der Waals surface area contributed by atoms with Crippen molar-refractivity contribution in [1.82, 2.24) is 0 Å². The highest BCUT2D eigenvalue weighted by Gasteiger charge is 2.07. The molecule has 0 saturated carbocycles. The van der Waals surface area contributed by atoms with Gasteiger partial charge in [0, 0.05) is 0 Å². The number of allylic oxidation sites excluding steroid dienone is 1. The molecular weight excluding hydrogens is 288 g/mol. The zero-order valence-corrected chi connectivity index (χ0v) is 14.0. The van der Waals surface area contributed by atoms with Crippen LogP contribution in [-0.4, -0.2) is 0 Å². The van der Waals surface area contributed by atoms with Gasteiger partial charge < -0.3 is 0 Å². The van der Waals surface area contributed by atoms with Crippen molar-refractivity contribution in [2.24, 2.45) is 5.92 Å². The monoisotopic (exact) mass is 312 g/mol. The lowest BCUT2D eigenvalue weighted by Gasteiger charge is -2.13. The normalized spacial score (nSPS) is 12.3. The van der Waals surface area contributed by atoms with E-state index in [1.54, 1.807) is 0 Å². The zero-order chi connectivity index (χ0) is 16.5. The first kappa shape index (κ1) is 16.3. The van der Waals surface area contributed by atoms with Crippen molar-refractivity contribution in [1.29, 1.82) is 0 Å². The predicted molar refractivity (Wildman–Crippen MR) is 104 cm³/mol. The molecule has 0 aliphatic carbocycles. The summed E-state index contributed by atoms with van der Waals surface area (Å²) in [6.45, 7) is 0. The van der Waals surface area contributed by atoms with E-state index in [4.69, 9.17) is 0 Å². The first-order chi connectivity index (χ1) is 11.9. The summed E-state index contributed by atoms with van der Waals surface area (Å²) >= 11 is 0. The fourth-order valence-electron chi connectivity index (χ4n) is 2.99. The Bertz CT molecular complexity index is 727. The molecule has 0 amide bonds. The minimum Gasteiger partial charge on any atom is -0.0805 e. The first-order valence-corrected chi connectivity index (χ1v) is 8.71. The Morgan fingerprint density at radius 1 is 0.625 bits per heavy atom. The third-order valence-electron chi connectivity index (χ3n) is 4.35. The molecule has 120 valence electrons. The van der Waals surface area contributed by atoms with E-state index in [9.17, 15) is 0 Å². The summed E-state index contributed by atoms with van der Waals surface area (Å²) in [6.07, 6.45) is 8.03. The molecule has 0 spiro atoms. The van der Waals surface area contributed by atoms with Crippen molar-refractivity contribution in [3.8, 4) is 0 Å². The molecule has 0 N–H and O–H groups in total. The van der Waals surface area contributed by atoms with Gasteiger partial charge in [-0.15, -0.1) is 0 Å². The van der Waals surface area contributed by atoms with Crippen LogP contribution < -0.4 is 0 Å². The quantitative estimate of drug-likeness (QED) is 0.488. The summed E-state index contributed by atoms with van der Waals surface area (Å²) in [5.41, 5.74) is 4.10. The molecule has 0 aromatic heterocycles. The number of hydrogen-bond acceptors (Lipinski definition) is 0. The maximum absolute atomic E-state index is 2.38. The lowest BCUT2D eigenvalue weighted by molar-refractivity contribution is 0.590. The lowest BCUT2D eigenvalue weighted by Crippen LogP contribution is -2.03. The summed E-state index contributed by atoms with van der Waals surface area (Å²) in [4.78, 5) is 0. The van der Waals surface area contributed by atoms with Crippen molar-refractivity contribution in [2.75, 3.05) is 0 Å². The van der Waals surface area contributed by atoms with E-state index in [1.165, 1.54) is 23.1 Å². The van der Waals surface area contributed by atoms with Crippen LogP contribution in [0.15, 0.2) is 97.1 Å². The molecule has 0 bridgehead atoms. The summed E-state index contributed by atoms with van der Waals surface area (Å²) < 4.78 is 0. The molecule has 0 nitrogen and oxygen atoms in total. The van der Waals surface area contributed by atoms with E-state index in [0.29, 0.717) is 5.92 Å². The Labute approximate surface area is 145 Å². The third kappa shape index (κ3) is 5.24. The maximum Gasteiger partial charge on any atom is -0.0187 e. The molecule has 3 aromatic rings. The van der Waals surface area contributed by atoms with Crippen molar-refractivity contribution < 1.29 is 0 Å². The van der Waals surface area contributed by atoms with E-state index in [2.05, 4.69) is 103 Å². The molecule has 0 fully saturated rings. The van der Waals surface area contributed by atoms with Gasteiger partial charge in [0.2, 0.25) is 0 Å². The van der Waals surface area contributed by atoms with Gasteiger partial charge in [-0.1, -0.05) is 103 Å². The molecule has 3 aromatic carbocycles. The van der Waals surface area contributed by atoms with Crippen LogP contribution in [0.3, 0.4) is 0 Å². The van der Waals surface area contributed by atoms with Crippen molar-refractivity contribution in [2.45, 2.75) is 19.3 Å². The highest BCUT2D eigenvalue weighted by atomic mass is 14.1. The van der Waals surface area contributed by atoms with Gasteiger partial charge in [-0.2, -0.15) is 0 Å². The second kappa shape index (κ2) is 8.88. The number of aryl methyl sites for hydroxylation is 1. The second-order valence-corrected chi connectivity index (χ2v) is 6.24. The Balaban J connectivity index is 1.69. The molecule has 1 atom stereocenters. The van der Waals surface area contributed by atoms with Crippen LogP contribution in [0.25, 0.3) is 6.08 Å². The van der Waals surface area contributed by atoms with Gasteiger partial charge in [-0.3, -0.25) is 0 Å². The summed E-state index contributed by atoms with van der Waals surface area (Å²) in [6, 6.07) is 32.2. The predicted octanol–water partition coefficient (Wildman–Crippen LogP) is 6.19. The number of hydrogen-bond donors (Lipinski definition) is 0. The Morgan fingerprint density at radius 2 is 1.17 bits per heavy atom. The van der Waals surface area contributed by atoms with Crippen LogP contribution >= 0.6 is 0 Å². The fraction of sp³-hybridized carbons (Fsp3) is 0.167. The van der Waals surface area contributed by atoms with Gasteiger partial charge in [0.05, 0.1) is 0 Å². The number of rotatable bonds is 7. The lowest BCUT2D eigenvalue weighted by atomic mass is 9.92. The molecule has 0 aliphatic rings. The molecule has 0 radical (unpaired) electrons. The van der Waals surface area contributed by atoms with Crippen molar-refractivity contribution in [3.63, 3.8) is 0 Å². The Morgan fingerprint density at radius 3 is 1.79 bits per heavy atom. The van der Waals surface area contributed by atoms with Crippen LogP contribution in [0.2, 0.25) is 0 Å². The van der Waals surface area contributed by atoms with Crippen molar-refractivity contribution in [3.05, 3.63) is 114 Å². The van der Waals surface area contributed by atoms with Crippen LogP contribution in [0, 0.1) is 5.92 Å². The fourth-order valence-corrected chi connectivity index (χ4v) is 2.99. The van der Waals surface area contributed by atoms with Crippen LogP contribution in [0.4, 0.5) is 0 Å². The average Bonchev–Trinajstić information content (AvgIpc) is 2.66. The topological polar surface area (TPSA) is 0 Å². The molecule has 24 heavy (non-hydrogen) atoms. The molecule has 1 unspecified atom stereocenters. The van der Waals surface area contributed by atoms with Gasteiger partial charge in [0.1, 0.15) is 0 Å². The second-order valence-electron chi connectivity index (χ2n) is 6.24. The van der Waals surface area contributed by atoms with Crippen LogP contribution in [0.1, 0.15) is 23.1 Å². The molecule has 0 heterocycles. The van der Waals surface area contributed by atoms with Crippen molar-refractivity contribution >= 4 is 6.08 Å². The number of benzene rings is 3. The molecule has 3 rings (SSSR count). The van der Waals surface area contributed by atoms with Gasteiger partial charge >= 0.3 is 0 Å². The summed E-state index contributed by atoms with van der Waals surface area (Å²) in [7, 11) is 0. The highest BCUT2D eigenvalue weighted by Crippen LogP contribution is 2.18. The first-order valence-electron chi connectivity index (χ1n) is 8.71. The highest BCUT2D eigenvalue weighted by molar-refractivity contribution is 5.49. The zero-order valence-electron chi connectivity index (χ0n) is 14.0. The van der Waals surface area contributed by atoms with Gasteiger partial charge in [-0.25, -0.2) is 0 Å². The van der Waals surface area contributed by atoms with Crippen LogP contribution in [0.5, 0.6) is 0 Å². The van der Waals surface area contributed by atoms with Gasteiger partial charge in [0.25, 0.3) is 0 Å². The standard InChI is InChI=1S/C24H24/c1-4-10-21(11-5-1)16-18-24(20-23-14-8-3-9-15-23)19-17-22-12-6-2-7-13-22/h1-16,18,24H,17,19-20H2/b18-16+. The van der Waals surface area contributed by atoms with E-state index in [0.717, 1.165) is 12.8 Å². The third-order valence-corrected chi connectivity index (χ3v) is 4.35. The average molecular weight is 312 g/mol. The molecule has 0 heteroatoms. The molecule has 0 saturated heterocycles. The molecular formula is C24H24. The Kier molecular flexibility index (Phi) is 6.02. The summed E-state index contributed by atoms with van der Waals surface area (Å²) in [5.74, 6) is 0.549. The largest absolute Gasteiger partial charge is 0.0805 e. The minimum absolute atomic E-state index is 0.549. The van der Waals surface area contributed by atoms with E-state index in [-0.39, 0.29) is 0 Å². The summed E-state index contributed by atoms with van der Waals surface area (Å²) in [5, 5.41) is 0. The smallest absolute Gasteiger partial charge is 0.0187 e.